The van der Waals surface area contributed by atoms with Crippen LogP contribution in [0.4, 0.5) is 0 Å². The van der Waals surface area contributed by atoms with E-state index in [9.17, 15) is 14.4 Å². The standard InChI is InChI=1S/C22H36N2O3S/c1-5-6-7-8-10-17(2)12-13-23-22(27)20-11-9-14-24(20)21(26)15-18(3)16-28-19(4)25/h5,10,18,20H,1,6-9,11-16H2,2-4H3,(H,23,27)/b17-10+/t18-,20-/m0/s1. The normalized spacial score (nSPS) is 18.0. The second-order valence-corrected chi connectivity index (χ2v) is 8.87. The van der Waals surface area contributed by atoms with Crippen molar-refractivity contribution in [2.24, 2.45) is 5.92 Å². The molecule has 1 saturated heterocycles. The van der Waals surface area contributed by atoms with Gasteiger partial charge < -0.3 is 10.2 Å². The molecule has 1 aliphatic rings. The minimum Gasteiger partial charge on any atom is -0.354 e. The third-order valence-corrected chi connectivity index (χ3v) is 6.04. The first kappa shape index (κ1) is 24.5. The molecule has 0 aromatic heterocycles. The number of nitrogens with zero attached hydrogens (tertiary/aromatic N) is 1. The van der Waals surface area contributed by atoms with Crippen LogP contribution in [0.2, 0.25) is 0 Å². The Morgan fingerprint density at radius 1 is 1.29 bits per heavy atom. The molecule has 6 heteroatoms. The van der Waals surface area contributed by atoms with Gasteiger partial charge in [-0.15, -0.1) is 6.58 Å². The monoisotopic (exact) mass is 408 g/mol. The maximum atomic E-state index is 12.6. The molecular formula is C22H36N2O3S. The molecule has 2 atom stereocenters. The molecule has 1 rings (SSSR count). The van der Waals surface area contributed by atoms with Gasteiger partial charge in [-0.2, -0.15) is 0 Å². The molecule has 0 bridgehead atoms. The van der Waals surface area contributed by atoms with E-state index >= 15 is 0 Å². The van der Waals surface area contributed by atoms with Crippen LogP contribution in [0, 0.1) is 5.92 Å². The highest BCUT2D eigenvalue weighted by Crippen LogP contribution is 2.21. The number of carbonyl (C=O) groups excluding carboxylic acids is 3. The molecule has 0 aromatic carbocycles. The number of hydrogen-bond acceptors (Lipinski definition) is 4. The minimum absolute atomic E-state index is 0.0209. The van der Waals surface area contributed by atoms with Crippen LogP contribution < -0.4 is 5.32 Å². The average molecular weight is 409 g/mol. The Bertz CT molecular complexity index is 574. The molecule has 1 N–H and O–H groups in total. The molecule has 5 nitrogen and oxygen atoms in total. The molecule has 2 amide bonds. The lowest BCUT2D eigenvalue weighted by Gasteiger charge is -2.25. The third kappa shape index (κ3) is 9.58. The first-order chi connectivity index (χ1) is 13.3. The molecule has 28 heavy (non-hydrogen) atoms. The van der Waals surface area contributed by atoms with E-state index in [0.717, 1.165) is 38.5 Å². The quantitative estimate of drug-likeness (QED) is 0.390. The molecule has 158 valence electrons. The van der Waals surface area contributed by atoms with Crippen molar-refractivity contribution >= 4 is 28.7 Å². The SMILES string of the molecule is C=CCCC/C=C(\C)CCNC(=O)[C@@H]1CCCN1C(=O)C[C@H](C)CSC(C)=O. The Kier molecular flexibility index (Phi) is 11.9. The summed E-state index contributed by atoms with van der Waals surface area (Å²) in [5, 5.41) is 3.07. The maximum absolute atomic E-state index is 12.6. The Morgan fingerprint density at radius 3 is 2.71 bits per heavy atom. The van der Waals surface area contributed by atoms with Gasteiger partial charge in [-0.25, -0.2) is 0 Å². The lowest BCUT2D eigenvalue weighted by atomic mass is 10.1. The van der Waals surface area contributed by atoms with Crippen molar-refractivity contribution in [1.82, 2.24) is 10.2 Å². The van der Waals surface area contributed by atoms with Gasteiger partial charge in [0.2, 0.25) is 11.8 Å². The van der Waals surface area contributed by atoms with Crippen molar-refractivity contribution in [3.05, 3.63) is 24.3 Å². The zero-order valence-electron chi connectivity index (χ0n) is 17.7. The highest BCUT2D eigenvalue weighted by atomic mass is 32.2. The maximum Gasteiger partial charge on any atom is 0.242 e. The lowest BCUT2D eigenvalue weighted by Crippen LogP contribution is -2.46. The van der Waals surface area contributed by atoms with Gasteiger partial charge in [0.15, 0.2) is 5.12 Å². The number of amides is 2. The Balaban J connectivity index is 2.39. The van der Waals surface area contributed by atoms with E-state index in [4.69, 9.17) is 0 Å². The van der Waals surface area contributed by atoms with E-state index in [1.54, 1.807) is 4.90 Å². The predicted molar refractivity (Wildman–Crippen MR) is 117 cm³/mol. The number of unbranched alkanes of at least 4 members (excludes halogenated alkanes) is 2. The minimum atomic E-state index is -0.350. The number of rotatable bonds is 12. The van der Waals surface area contributed by atoms with E-state index in [-0.39, 0.29) is 28.9 Å². The first-order valence-corrected chi connectivity index (χ1v) is 11.3. The van der Waals surface area contributed by atoms with Crippen LogP contribution >= 0.6 is 11.8 Å². The van der Waals surface area contributed by atoms with Crippen molar-refractivity contribution < 1.29 is 14.4 Å². The van der Waals surface area contributed by atoms with E-state index in [1.807, 2.05) is 13.0 Å². The summed E-state index contributed by atoms with van der Waals surface area (Å²) in [6, 6.07) is -0.350. The van der Waals surface area contributed by atoms with Crippen LogP contribution in [0.5, 0.6) is 0 Å². The van der Waals surface area contributed by atoms with Gasteiger partial charge in [0.25, 0.3) is 0 Å². The molecule has 0 radical (unpaired) electrons. The Hall–Kier alpha value is -1.56. The van der Waals surface area contributed by atoms with Gasteiger partial charge in [0.05, 0.1) is 0 Å². The van der Waals surface area contributed by atoms with Crippen LogP contribution in [0.3, 0.4) is 0 Å². The molecular weight excluding hydrogens is 372 g/mol. The van der Waals surface area contributed by atoms with Gasteiger partial charge >= 0.3 is 0 Å². The third-order valence-electron chi connectivity index (χ3n) is 4.89. The Labute approximate surface area is 174 Å². The molecule has 0 aliphatic carbocycles. The summed E-state index contributed by atoms with van der Waals surface area (Å²) in [5.74, 6) is 0.743. The Morgan fingerprint density at radius 2 is 2.04 bits per heavy atom. The summed E-state index contributed by atoms with van der Waals surface area (Å²) in [5.41, 5.74) is 1.28. The smallest absolute Gasteiger partial charge is 0.242 e. The fourth-order valence-corrected chi connectivity index (χ4v) is 3.92. The fourth-order valence-electron chi connectivity index (χ4n) is 3.29. The average Bonchev–Trinajstić information content (AvgIpc) is 3.13. The van der Waals surface area contributed by atoms with Crippen molar-refractivity contribution in [2.45, 2.75) is 71.8 Å². The number of hydrogen-bond donors (Lipinski definition) is 1. The highest BCUT2D eigenvalue weighted by Gasteiger charge is 2.34. The highest BCUT2D eigenvalue weighted by molar-refractivity contribution is 8.13. The summed E-state index contributed by atoms with van der Waals surface area (Å²) in [6.07, 6.45) is 10.1. The van der Waals surface area contributed by atoms with E-state index in [2.05, 4.69) is 24.9 Å². The number of nitrogens with one attached hydrogen (secondary N) is 1. The molecule has 0 saturated carbocycles. The van der Waals surface area contributed by atoms with Crippen molar-refractivity contribution in [2.75, 3.05) is 18.8 Å². The van der Waals surface area contributed by atoms with Gasteiger partial charge in [-0.1, -0.05) is 36.4 Å². The number of carbonyl (C=O) groups is 3. The number of thioether (sulfide) groups is 1. The molecule has 1 aliphatic heterocycles. The number of allylic oxidation sites excluding steroid dienone is 2. The van der Waals surface area contributed by atoms with Gasteiger partial charge in [-0.05, 0) is 51.4 Å². The molecule has 0 unspecified atom stereocenters. The van der Waals surface area contributed by atoms with Crippen molar-refractivity contribution in [1.29, 1.82) is 0 Å². The zero-order chi connectivity index (χ0) is 20.9. The van der Waals surface area contributed by atoms with E-state index < -0.39 is 0 Å². The summed E-state index contributed by atoms with van der Waals surface area (Å²) in [4.78, 5) is 38.0. The zero-order valence-corrected chi connectivity index (χ0v) is 18.5. The van der Waals surface area contributed by atoms with E-state index in [1.165, 1.54) is 24.3 Å². The molecule has 0 aromatic rings. The van der Waals surface area contributed by atoms with E-state index in [0.29, 0.717) is 25.3 Å². The fraction of sp³-hybridized carbons (Fsp3) is 0.682. The van der Waals surface area contributed by atoms with Gasteiger partial charge in [0, 0.05) is 32.2 Å². The topological polar surface area (TPSA) is 66.5 Å². The van der Waals surface area contributed by atoms with Crippen LogP contribution in [0.15, 0.2) is 24.3 Å². The van der Waals surface area contributed by atoms with Gasteiger partial charge in [0.1, 0.15) is 6.04 Å². The largest absolute Gasteiger partial charge is 0.354 e. The second-order valence-electron chi connectivity index (χ2n) is 7.67. The van der Waals surface area contributed by atoms with Gasteiger partial charge in [-0.3, -0.25) is 14.4 Å². The van der Waals surface area contributed by atoms with Crippen molar-refractivity contribution in [3.63, 3.8) is 0 Å². The summed E-state index contributed by atoms with van der Waals surface area (Å²) < 4.78 is 0. The van der Waals surface area contributed by atoms with Crippen LogP contribution in [-0.2, 0) is 14.4 Å². The molecule has 1 heterocycles. The summed E-state index contributed by atoms with van der Waals surface area (Å²) in [6.45, 7) is 10.6. The summed E-state index contributed by atoms with van der Waals surface area (Å²) in [7, 11) is 0. The van der Waals surface area contributed by atoms with Crippen LogP contribution in [0.25, 0.3) is 0 Å². The van der Waals surface area contributed by atoms with Crippen LogP contribution in [-0.4, -0.2) is 46.7 Å². The lowest BCUT2D eigenvalue weighted by molar-refractivity contribution is -0.139. The number of likely N-dealkylation sites (tertiary alicyclic amines) is 1. The second kappa shape index (κ2) is 13.6. The first-order valence-electron chi connectivity index (χ1n) is 10.3. The van der Waals surface area contributed by atoms with Crippen molar-refractivity contribution in [3.8, 4) is 0 Å². The van der Waals surface area contributed by atoms with Crippen LogP contribution in [0.1, 0.15) is 65.7 Å². The predicted octanol–water partition coefficient (Wildman–Crippen LogP) is 4.09. The molecule has 0 spiro atoms. The summed E-state index contributed by atoms with van der Waals surface area (Å²) >= 11 is 1.25. The molecule has 1 fully saturated rings.